The van der Waals surface area contributed by atoms with Gasteiger partial charge in [-0.25, -0.2) is 12.7 Å². The lowest BCUT2D eigenvalue weighted by molar-refractivity contribution is 0.288. The number of nitrogens with one attached hydrogen (secondary N) is 1. The Morgan fingerprint density at radius 2 is 2.10 bits per heavy atom. The predicted molar refractivity (Wildman–Crippen MR) is 76.8 cm³/mol. The number of piperidine rings is 1. The zero-order valence-electron chi connectivity index (χ0n) is 11.6. The van der Waals surface area contributed by atoms with Crippen molar-refractivity contribution in [2.75, 3.05) is 18.8 Å². The molecule has 1 aliphatic rings. The van der Waals surface area contributed by atoms with Crippen LogP contribution in [0.25, 0.3) is 0 Å². The highest BCUT2D eigenvalue weighted by molar-refractivity contribution is 7.89. The van der Waals surface area contributed by atoms with Crippen molar-refractivity contribution >= 4 is 10.0 Å². The molecule has 6 nitrogen and oxygen atoms in total. The third kappa shape index (κ3) is 3.91. The predicted octanol–water partition coefficient (Wildman–Crippen LogP) is 0.691. The summed E-state index contributed by atoms with van der Waals surface area (Å²) in [6.45, 7) is 3.47. The van der Waals surface area contributed by atoms with Crippen LogP contribution < -0.4 is 5.32 Å². The number of sulfonamides is 1. The van der Waals surface area contributed by atoms with Gasteiger partial charge in [0.25, 0.3) is 0 Å². The van der Waals surface area contributed by atoms with Gasteiger partial charge in [-0.15, -0.1) is 0 Å². The highest BCUT2D eigenvalue weighted by Gasteiger charge is 2.26. The molecule has 0 bridgehead atoms. The number of rotatable bonds is 5. The average Bonchev–Trinajstić information content (AvgIpc) is 2.47. The maximum Gasteiger partial charge on any atom is 0.213 e. The van der Waals surface area contributed by atoms with Crippen LogP contribution in [-0.2, 0) is 16.6 Å². The van der Waals surface area contributed by atoms with Crippen LogP contribution in [0.2, 0.25) is 0 Å². The number of nitrogens with zero attached hydrogens (tertiary/aromatic N) is 2. The molecule has 0 aromatic carbocycles. The SMILES string of the molecule is CCS(=O)(=O)N1CCC(NCc2ccc(O)cn2)CC1. The third-order valence-corrected chi connectivity index (χ3v) is 5.47. The van der Waals surface area contributed by atoms with Gasteiger partial charge in [0, 0.05) is 25.7 Å². The summed E-state index contributed by atoms with van der Waals surface area (Å²) >= 11 is 0. The Balaban J connectivity index is 1.79. The Labute approximate surface area is 119 Å². The van der Waals surface area contributed by atoms with E-state index in [1.165, 1.54) is 6.20 Å². The second-order valence-corrected chi connectivity index (χ2v) is 7.22. The first-order valence-electron chi connectivity index (χ1n) is 6.86. The van der Waals surface area contributed by atoms with E-state index in [1.807, 2.05) is 0 Å². The second kappa shape index (κ2) is 6.51. The van der Waals surface area contributed by atoms with Crippen LogP contribution in [-0.4, -0.2) is 47.7 Å². The third-order valence-electron chi connectivity index (χ3n) is 3.59. The summed E-state index contributed by atoms with van der Waals surface area (Å²) in [5, 5.41) is 12.5. The van der Waals surface area contributed by atoms with E-state index in [-0.39, 0.29) is 11.5 Å². The molecule has 0 radical (unpaired) electrons. The Morgan fingerprint density at radius 1 is 1.40 bits per heavy atom. The van der Waals surface area contributed by atoms with Gasteiger partial charge >= 0.3 is 0 Å². The van der Waals surface area contributed by atoms with Crippen molar-refractivity contribution in [1.29, 1.82) is 0 Å². The van der Waals surface area contributed by atoms with Crippen LogP contribution in [0.3, 0.4) is 0 Å². The van der Waals surface area contributed by atoms with Gasteiger partial charge in [0.15, 0.2) is 0 Å². The number of hydrogen-bond acceptors (Lipinski definition) is 5. The minimum absolute atomic E-state index is 0.159. The van der Waals surface area contributed by atoms with E-state index < -0.39 is 10.0 Å². The maximum absolute atomic E-state index is 11.7. The van der Waals surface area contributed by atoms with Crippen LogP contribution >= 0.6 is 0 Å². The molecule has 0 saturated carbocycles. The summed E-state index contributed by atoms with van der Waals surface area (Å²) in [4.78, 5) is 4.11. The van der Waals surface area contributed by atoms with Gasteiger partial charge in [-0.1, -0.05) is 0 Å². The maximum atomic E-state index is 11.7. The number of aromatic hydroxyl groups is 1. The second-order valence-electron chi connectivity index (χ2n) is 4.96. The minimum atomic E-state index is -3.05. The minimum Gasteiger partial charge on any atom is -0.506 e. The van der Waals surface area contributed by atoms with E-state index in [9.17, 15) is 8.42 Å². The van der Waals surface area contributed by atoms with Crippen molar-refractivity contribution in [2.24, 2.45) is 0 Å². The standard InChI is InChI=1S/C13H21N3O3S/c1-2-20(18,19)16-7-5-11(6-8-16)14-9-12-3-4-13(17)10-15-12/h3-4,10-11,14,17H,2,5-9H2,1H3. The largest absolute Gasteiger partial charge is 0.506 e. The number of pyridine rings is 1. The zero-order chi connectivity index (χ0) is 14.6. The molecule has 2 rings (SSSR count). The molecule has 0 atom stereocenters. The van der Waals surface area contributed by atoms with Gasteiger partial charge in [-0.05, 0) is 31.9 Å². The Morgan fingerprint density at radius 3 is 2.65 bits per heavy atom. The number of aromatic nitrogens is 1. The van der Waals surface area contributed by atoms with E-state index >= 15 is 0 Å². The van der Waals surface area contributed by atoms with E-state index in [1.54, 1.807) is 23.4 Å². The Bertz CT molecular complexity index is 522. The van der Waals surface area contributed by atoms with Crippen LogP contribution in [0.1, 0.15) is 25.5 Å². The summed E-state index contributed by atoms with van der Waals surface area (Å²) in [5.41, 5.74) is 0.867. The van der Waals surface area contributed by atoms with E-state index in [4.69, 9.17) is 5.11 Å². The first-order chi connectivity index (χ1) is 9.51. The van der Waals surface area contributed by atoms with E-state index in [0.717, 1.165) is 18.5 Å². The summed E-state index contributed by atoms with van der Waals surface area (Å²) in [7, 11) is -3.05. The Hall–Kier alpha value is -1.18. The molecule has 7 heteroatoms. The normalized spacial score (nSPS) is 18.2. The topological polar surface area (TPSA) is 82.5 Å². The first kappa shape index (κ1) is 15.2. The van der Waals surface area contributed by atoms with Crippen molar-refractivity contribution in [3.63, 3.8) is 0 Å². The van der Waals surface area contributed by atoms with E-state index in [2.05, 4.69) is 10.3 Å². The molecule has 1 aromatic heterocycles. The molecule has 0 spiro atoms. The molecule has 112 valence electrons. The lowest BCUT2D eigenvalue weighted by atomic mass is 10.1. The van der Waals surface area contributed by atoms with Crippen molar-refractivity contribution in [3.05, 3.63) is 24.0 Å². The summed E-state index contributed by atoms with van der Waals surface area (Å²) in [5.74, 6) is 0.328. The van der Waals surface area contributed by atoms with Crippen molar-refractivity contribution in [1.82, 2.24) is 14.6 Å². The molecule has 1 fully saturated rings. The van der Waals surface area contributed by atoms with E-state index in [0.29, 0.717) is 25.7 Å². The van der Waals surface area contributed by atoms with Gasteiger partial charge in [0.05, 0.1) is 17.6 Å². The van der Waals surface area contributed by atoms with Crippen LogP contribution in [0.5, 0.6) is 5.75 Å². The van der Waals surface area contributed by atoms with Crippen molar-refractivity contribution < 1.29 is 13.5 Å². The molecule has 2 N–H and O–H groups in total. The number of hydrogen-bond donors (Lipinski definition) is 2. The quantitative estimate of drug-likeness (QED) is 0.836. The highest BCUT2D eigenvalue weighted by Crippen LogP contribution is 2.15. The average molecular weight is 299 g/mol. The molecule has 0 unspecified atom stereocenters. The van der Waals surface area contributed by atoms with Gasteiger partial charge in [-0.2, -0.15) is 0 Å². The molecule has 20 heavy (non-hydrogen) atoms. The lowest BCUT2D eigenvalue weighted by Gasteiger charge is -2.31. The molecule has 0 aliphatic carbocycles. The first-order valence-corrected chi connectivity index (χ1v) is 8.47. The fourth-order valence-electron chi connectivity index (χ4n) is 2.29. The molecule has 0 amide bonds. The van der Waals surface area contributed by atoms with Crippen molar-refractivity contribution in [3.8, 4) is 5.75 Å². The molecular formula is C13H21N3O3S. The van der Waals surface area contributed by atoms with Crippen LogP contribution in [0.15, 0.2) is 18.3 Å². The van der Waals surface area contributed by atoms with Crippen LogP contribution in [0.4, 0.5) is 0 Å². The molecular weight excluding hydrogens is 278 g/mol. The fraction of sp³-hybridized carbons (Fsp3) is 0.615. The highest BCUT2D eigenvalue weighted by atomic mass is 32.2. The van der Waals surface area contributed by atoms with Gasteiger partial charge < -0.3 is 10.4 Å². The van der Waals surface area contributed by atoms with Gasteiger partial charge in [0.1, 0.15) is 5.75 Å². The molecule has 2 heterocycles. The van der Waals surface area contributed by atoms with Crippen molar-refractivity contribution in [2.45, 2.75) is 32.4 Å². The zero-order valence-corrected chi connectivity index (χ0v) is 12.4. The lowest BCUT2D eigenvalue weighted by Crippen LogP contribution is -2.45. The van der Waals surface area contributed by atoms with Gasteiger partial charge in [-0.3, -0.25) is 4.98 Å². The van der Waals surface area contributed by atoms with Gasteiger partial charge in [0.2, 0.25) is 10.0 Å². The summed E-state index contributed by atoms with van der Waals surface area (Å²) < 4.78 is 25.1. The molecule has 1 aliphatic heterocycles. The molecule has 1 saturated heterocycles. The fourth-order valence-corrected chi connectivity index (χ4v) is 3.42. The monoisotopic (exact) mass is 299 g/mol. The summed E-state index contributed by atoms with van der Waals surface area (Å²) in [6.07, 6.45) is 3.06. The Kier molecular flexibility index (Phi) is 4.95. The molecule has 1 aromatic rings. The smallest absolute Gasteiger partial charge is 0.213 e. The summed E-state index contributed by atoms with van der Waals surface area (Å²) in [6, 6.07) is 3.70. The van der Waals surface area contributed by atoms with Crippen LogP contribution in [0, 0.1) is 0 Å².